The molecule has 3 aromatic rings. The number of H-pyrrole nitrogens is 1. The van der Waals surface area contributed by atoms with Crippen LogP contribution >= 0.6 is 11.6 Å². The molecule has 0 saturated heterocycles. The first-order valence-corrected chi connectivity index (χ1v) is 9.62. The third kappa shape index (κ3) is 4.69. The summed E-state index contributed by atoms with van der Waals surface area (Å²) in [6.45, 7) is 4.37. The van der Waals surface area contributed by atoms with Crippen LogP contribution in [0.3, 0.4) is 0 Å². The normalized spacial score (nSPS) is 10.9. The minimum atomic E-state index is -0.318. The fraction of sp³-hybridized carbons (Fsp3) is 0.300. The highest BCUT2D eigenvalue weighted by atomic mass is 35.5. The molecule has 2 amide bonds. The topological polar surface area (TPSA) is 118 Å². The number of hydrogen-bond acceptors (Lipinski definition) is 5. The summed E-state index contributed by atoms with van der Waals surface area (Å²) in [4.78, 5) is 40.6. The summed E-state index contributed by atoms with van der Waals surface area (Å²) < 4.78 is 6.45. The molecule has 3 rings (SSSR count). The van der Waals surface area contributed by atoms with Crippen molar-refractivity contribution in [3.63, 3.8) is 0 Å². The lowest BCUT2D eigenvalue weighted by atomic mass is 10.1. The number of amides is 2. The van der Waals surface area contributed by atoms with Gasteiger partial charge < -0.3 is 15.4 Å². The molecule has 0 aliphatic carbocycles. The fourth-order valence-corrected chi connectivity index (χ4v) is 3.38. The van der Waals surface area contributed by atoms with Gasteiger partial charge in [-0.2, -0.15) is 0 Å². The number of halogens is 1. The van der Waals surface area contributed by atoms with Gasteiger partial charge in [-0.25, -0.2) is 9.50 Å². The zero-order valence-corrected chi connectivity index (χ0v) is 17.6. The Morgan fingerprint density at radius 3 is 2.73 bits per heavy atom. The highest BCUT2D eigenvalue weighted by Crippen LogP contribution is 2.22. The molecule has 158 valence electrons. The third-order valence-electron chi connectivity index (χ3n) is 4.63. The van der Waals surface area contributed by atoms with Gasteiger partial charge >= 0.3 is 0 Å². The second-order valence-electron chi connectivity index (χ2n) is 6.74. The molecule has 2 aromatic heterocycles. The molecule has 0 unspecified atom stereocenters. The van der Waals surface area contributed by atoms with Crippen LogP contribution < -0.4 is 16.2 Å². The van der Waals surface area contributed by atoms with Crippen molar-refractivity contribution in [2.24, 2.45) is 0 Å². The number of aromatic amines is 1. The van der Waals surface area contributed by atoms with Crippen molar-refractivity contribution in [3.8, 4) is 0 Å². The number of nitrogens with zero attached hydrogens (tertiary/aromatic N) is 2. The van der Waals surface area contributed by atoms with Gasteiger partial charge in [0.2, 0.25) is 5.91 Å². The zero-order chi connectivity index (χ0) is 21.8. The van der Waals surface area contributed by atoms with Gasteiger partial charge in [0.05, 0.1) is 23.6 Å². The molecule has 3 N–H and O–H groups in total. The average Bonchev–Trinajstić information content (AvgIpc) is 3.05. The van der Waals surface area contributed by atoms with Gasteiger partial charge in [-0.05, 0) is 32.0 Å². The molecule has 0 bridgehead atoms. The molecular weight excluding hydrogens is 410 g/mol. The standard InChI is InChI=1S/C20H22ClN5O4/c1-11-15(12(2)26-17(23-11)10-19(28)25-26)9-18(27)24-13-4-5-14(16(21)8-13)20(29)22-6-7-30-3/h4-5,8,10H,6-7,9H2,1-3H3,(H,22,29)(H,24,27)(H,25,28). The van der Waals surface area contributed by atoms with Crippen LogP contribution in [-0.4, -0.2) is 46.7 Å². The van der Waals surface area contributed by atoms with Gasteiger partial charge in [0.25, 0.3) is 11.5 Å². The lowest BCUT2D eigenvalue weighted by molar-refractivity contribution is -0.115. The Morgan fingerprint density at radius 1 is 1.27 bits per heavy atom. The Morgan fingerprint density at radius 2 is 2.03 bits per heavy atom. The number of anilines is 1. The van der Waals surface area contributed by atoms with E-state index in [4.69, 9.17) is 16.3 Å². The molecular formula is C20H22ClN5O4. The number of nitrogens with one attached hydrogen (secondary N) is 3. The number of aryl methyl sites for hydroxylation is 2. The first-order valence-electron chi connectivity index (χ1n) is 9.24. The average molecular weight is 432 g/mol. The summed E-state index contributed by atoms with van der Waals surface area (Å²) in [6.07, 6.45) is 0.0672. The molecule has 0 saturated carbocycles. The first kappa shape index (κ1) is 21.5. The quantitative estimate of drug-likeness (QED) is 0.493. The van der Waals surface area contributed by atoms with Crippen LogP contribution in [-0.2, 0) is 16.0 Å². The van der Waals surface area contributed by atoms with E-state index in [1.807, 2.05) is 6.92 Å². The van der Waals surface area contributed by atoms with Gasteiger partial charge in [0.1, 0.15) is 0 Å². The SMILES string of the molecule is COCCNC(=O)c1ccc(NC(=O)Cc2c(C)nc3cc(=O)[nH]n3c2C)cc1Cl. The molecule has 2 heterocycles. The summed E-state index contributed by atoms with van der Waals surface area (Å²) in [5.74, 6) is -0.591. The number of methoxy groups -OCH3 is 1. The van der Waals surface area contributed by atoms with Crippen LogP contribution in [0.2, 0.25) is 5.02 Å². The highest BCUT2D eigenvalue weighted by molar-refractivity contribution is 6.34. The molecule has 10 heteroatoms. The summed E-state index contributed by atoms with van der Waals surface area (Å²) in [7, 11) is 1.55. The van der Waals surface area contributed by atoms with Crippen molar-refractivity contribution in [2.75, 3.05) is 25.6 Å². The smallest absolute Gasteiger partial charge is 0.266 e. The Hall–Kier alpha value is -3.17. The third-order valence-corrected chi connectivity index (χ3v) is 4.94. The van der Waals surface area contributed by atoms with E-state index in [0.29, 0.717) is 41.3 Å². The van der Waals surface area contributed by atoms with Crippen molar-refractivity contribution in [1.82, 2.24) is 19.9 Å². The number of aromatic nitrogens is 3. The maximum Gasteiger partial charge on any atom is 0.266 e. The van der Waals surface area contributed by atoms with E-state index in [1.165, 1.54) is 12.1 Å². The number of hydrogen-bond donors (Lipinski definition) is 3. The fourth-order valence-electron chi connectivity index (χ4n) is 3.12. The first-order chi connectivity index (χ1) is 14.3. The number of benzene rings is 1. The van der Waals surface area contributed by atoms with Gasteiger partial charge in [-0.1, -0.05) is 11.6 Å². The van der Waals surface area contributed by atoms with Gasteiger partial charge in [0.15, 0.2) is 5.65 Å². The highest BCUT2D eigenvalue weighted by Gasteiger charge is 2.16. The Labute approximate surface area is 177 Å². The van der Waals surface area contributed by atoms with E-state index in [2.05, 4.69) is 20.7 Å². The maximum absolute atomic E-state index is 12.6. The second-order valence-corrected chi connectivity index (χ2v) is 7.15. The number of carbonyl (C=O) groups excluding carboxylic acids is 2. The van der Waals surface area contributed by atoms with Crippen LogP contribution in [0.25, 0.3) is 5.65 Å². The van der Waals surface area contributed by atoms with Crippen LogP contribution in [0.15, 0.2) is 29.1 Å². The van der Waals surface area contributed by atoms with Gasteiger partial charge in [0, 0.05) is 42.4 Å². The summed E-state index contributed by atoms with van der Waals surface area (Å²) in [6, 6.07) is 6.09. The lowest BCUT2D eigenvalue weighted by Gasteiger charge is -2.12. The number of carbonyl (C=O) groups is 2. The van der Waals surface area contributed by atoms with Gasteiger partial charge in [-0.3, -0.25) is 19.5 Å². The Bertz CT molecular complexity index is 1170. The maximum atomic E-state index is 12.6. The molecule has 0 atom stereocenters. The molecule has 9 nitrogen and oxygen atoms in total. The number of fused-ring (bicyclic) bond motifs is 1. The Balaban J connectivity index is 1.72. The van der Waals surface area contributed by atoms with Crippen molar-refractivity contribution >= 4 is 34.7 Å². The predicted octanol–water partition coefficient (Wildman–Crippen LogP) is 1.85. The lowest BCUT2D eigenvalue weighted by Crippen LogP contribution is -2.27. The Kier molecular flexibility index (Phi) is 6.53. The predicted molar refractivity (Wildman–Crippen MR) is 113 cm³/mol. The van der Waals surface area contributed by atoms with E-state index in [9.17, 15) is 14.4 Å². The van der Waals surface area contributed by atoms with E-state index in [-0.39, 0.29) is 28.8 Å². The van der Waals surface area contributed by atoms with E-state index in [0.717, 1.165) is 5.69 Å². The molecule has 1 aromatic carbocycles. The van der Waals surface area contributed by atoms with Crippen molar-refractivity contribution < 1.29 is 14.3 Å². The van der Waals surface area contributed by atoms with E-state index in [1.54, 1.807) is 30.7 Å². The minimum absolute atomic E-state index is 0.0672. The molecule has 0 radical (unpaired) electrons. The number of ether oxygens (including phenoxy) is 1. The summed E-state index contributed by atoms with van der Waals surface area (Å²) in [5.41, 5.74) is 3.14. The molecule has 0 fully saturated rings. The van der Waals surface area contributed by atoms with E-state index >= 15 is 0 Å². The molecule has 0 aliphatic rings. The summed E-state index contributed by atoms with van der Waals surface area (Å²) in [5, 5.41) is 8.35. The van der Waals surface area contributed by atoms with Crippen LogP contribution in [0, 0.1) is 13.8 Å². The second kappa shape index (κ2) is 9.10. The van der Waals surface area contributed by atoms with Crippen LogP contribution in [0.5, 0.6) is 0 Å². The number of rotatable bonds is 7. The monoisotopic (exact) mass is 431 g/mol. The summed E-state index contributed by atoms with van der Waals surface area (Å²) >= 11 is 6.21. The van der Waals surface area contributed by atoms with Crippen LogP contribution in [0.4, 0.5) is 5.69 Å². The zero-order valence-electron chi connectivity index (χ0n) is 16.8. The van der Waals surface area contributed by atoms with Crippen molar-refractivity contribution in [3.05, 3.63) is 62.2 Å². The van der Waals surface area contributed by atoms with Crippen molar-refractivity contribution in [1.29, 1.82) is 0 Å². The molecule has 0 spiro atoms. The van der Waals surface area contributed by atoms with Gasteiger partial charge in [-0.15, -0.1) is 0 Å². The van der Waals surface area contributed by atoms with E-state index < -0.39 is 0 Å². The minimum Gasteiger partial charge on any atom is -0.383 e. The van der Waals surface area contributed by atoms with Crippen LogP contribution in [0.1, 0.15) is 27.3 Å². The molecule has 30 heavy (non-hydrogen) atoms. The van der Waals surface area contributed by atoms with Crippen molar-refractivity contribution in [2.45, 2.75) is 20.3 Å². The largest absolute Gasteiger partial charge is 0.383 e. The molecule has 0 aliphatic heterocycles.